The second kappa shape index (κ2) is 9.66. The number of aliphatic hydroxyl groups excluding tert-OH is 1. The van der Waals surface area contributed by atoms with Gasteiger partial charge in [-0.2, -0.15) is 0 Å². The predicted molar refractivity (Wildman–Crippen MR) is 118 cm³/mol. The molecule has 160 valence electrons. The zero-order valence-electron chi connectivity index (χ0n) is 17.4. The molecule has 0 atom stereocenters. The van der Waals surface area contributed by atoms with Gasteiger partial charge in [-0.25, -0.2) is 9.97 Å². The van der Waals surface area contributed by atoms with Crippen LogP contribution in [0.25, 0.3) is 11.0 Å². The number of nitrogens with zero attached hydrogens (tertiary/aromatic N) is 5. The second-order valence-corrected chi connectivity index (χ2v) is 9.15. The smallest absolute Gasteiger partial charge is 0.243 e. The van der Waals surface area contributed by atoms with E-state index in [0.29, 0.717) is 18.3 Å². The molecular formula is C22H29N5O2S. The van der Waals surface area contributed by atoms with Crippen molar-refractivity contribution < 1.29 is 9.90 Å². The van der Waals surface area contributed by atoms with Crippen LogP contribution in [-0.4, -0.2) is 53.4 Å². The Morgan fingerprint density at radius 2 is 2.07 bits per heavy atom. The number of carbonyl (C=O) groups excluding carboxylic acids is 1. The van der Waals surface area contributed by atoms with Crippen molar-refractivity contribution in [3.05, 3.63) is 42.5 Å². The average Bonchev–Trinajstić information content (AvgIpc) is 3.31. The van der Waals surface area contributed by atoms with E-state index in [2.05, 4.69) is 4.98 Å². The molecule has 1 amide bonds. The molecule has 2 heterocycles. The van der Waals surface area contributed by atoms with E-state index >= 15 is 0 Å². The summed E-state index contributed by atoms with van der Waals surface area (Å²) in [5.41, 5.74) is 2.83. The number of benzene rings is 1. The van der Waals surface area contributed by atoms with Gasteiger partial charge in [0, 0.05) is 25.0 Å². The Kier molecular flexibility index (Phi) is 6.74. The van der Waals surface area contributed by atoms with Crippen LogP contribution in [0.15, 0.2) is 41.9 Å². The molecule has 1 aliphatic rings. The number of aliphatic hydroxyl groups is 1. The molecule has 0 radical (unpaired) electrons. The quantitative estimate of drug-likeness (QED) is 0.597. The first-order valence-corrected chi connectivity index (χ1v) is 11.5. The number of aromatic nitrogens is 4. The number of aryl methyl sites for hydroxylation is 1. The van der Waals surface area contributed by atoms with Gasteiger partial charge in [0.15, 0.2) is 5.16 Å². The summed E-state index contributed by atoms with van der Waals surface area (Å²) in [5.74, 6) is -0.0288. The zero-order chi connectivity index (χ0) is 20.9. The van der Waals surface area contributed by atoms with E-state index in [0.717, 1.165) is 21.9 Å². The number of imidazole rings is 2. The SMILES string of the molecule is Cn1cncc1CN(CCO)C(=O)Cn1c(SC2CCCCC2)nc2ccccc21. The van der Waals surface area contributed by atoms with Crippen LogP contribution in [0.3, 0.4) is 0 Å². The Balaban J connectivity index is 1.58. The molecule has 0 bridgehead atoms. The second-order valence-electron chi connectivity index (χ2n) is 7.88. The molecule has 2 aromatic heterocycles. The van der Waals surface area contributed by atoms with Crippen LogP contribution in [-0.2, 0) is 24.9 Å². The molecule has 8 heteroatoms. The lowest BCUT2D eigenvalue weighted by Gasteiger charge is -2.24. The van der Waals surface area contributed by atoms with Crippen molar-refractivity contribution in [2.75, 3.05) is 13.2 Å². The summed E-state index contributed by atoms with van der Waals surface area (Å²) in [4.78, 5) is 23.9. The van der Waals surface area contributed by atoms with Crippen molar-refractivity contribution >= 4 is 28.7 Å². The van der Waals surface area contributed by atoms with E-state index in [1.165, 1.54) is 32.1 Å². The van der Waals surface area contributed by atoms with E-state index in [1.54, 1.807) is 17.4 Å². The van der Waals surface area contributed by atoms with Crippen LogP contribution >= 0.6 is 11.8 Å². The molecule has 4 rings (SSSR count). The minimum absolute atomic E-state index is 0.0288. The number of carbonyl (C=O) groups is 1. The number of hydrogen-bond acceptors (Lipinski definition) is 5. The van der Waals surface area contributed by atoms with Crippen molar-refractivity contribution in [3.63, 3.8) is 0 Å². The maximum Gasteiger partial charge on any atom is 0.243 e. The van der Waals surface area contributed by atoms with Gasteiger partial charge in [0.2, 0.25) is 5.91 Å². The third-order valence-corrected chi connectivity index (χ3v) is 7.06. The van der Waals surface area contributed by atoms with Crippen LogP contribution in [0.2, 0.25) is 0 Å². The molecule has 1 fully saturated rings. The normalized spacial score (nSPS) is 15.0. The third kappa shape index (κ3) is 4.70. The highest BCUT2D eigenvalue weighted by Crippen LogP contribution is 2.34. The summed E-state index contributed by atoms with van der Waals surface area (Å²) in [6.45, 7) is 0.862. The molecule has 1 N–H and O–H groups in total. The van der Waals surface area contributed by atoms with Crippen molar-refractivity contribution in [2.45, 2.75) is 55.6 Å². The van der Waals surface area contributed by atoms with Crippen LogP contribution in [0.4, 0.5) is 0 Å². The predicted octanol–water partition coefficient (Wildman–Crippen LogP) is 3.22. The Hall–Kier alpha value is -2.32. The summed E-state index contributed by atoms with van der Waals surface area (Å²) in [6, 6.07) is 8.00. The van der Waals surface area contributed by atoms with Gasteiger partial charge in [-0.1, -0.05) is 43.2 Å². The minimum atomic E-state index is -0.0715. The summed E-state index contributed by atoms with van der Waals surface area (Å²) in [6.07, 6.45) is 9.75. The summed E-state index contributed by atoms with van der Waals surface area (Å²) < 4.78 is 3.94. The Morgan fingerprint density at radius 1 is 1.27 bits per heavy atom. The fourth-order valence-corrected chi connectivity index (χ4v) is 5.32. The van der Waals surface area contributed by atoms with E-state index in [4.69, 9.17) is 4.98 Å². The Labute approximate surface area is 181 Å². The van der Waals surface area contributed by atoms with Crippen LogP contribution in [0, 0.1) is 0 Å². The van der Waals surface area contributed by atoms with E-state index in [1.807, 2.05) is 52.2 Å². The van der Waals surface area contributed by atoms with Crippen LogP contribution < -0.4 is 0 Å². The molecule has 0 saturated heterocycles. The van der Waals surface area contributed by atoms with Gasteiger partial charge in [0.05, 0.1) is 36.2 Å². The van der Waals surface area contributed by atoms with Gasteiger partial charge in [0.25, 0.3) is 0 Å². The number of hydrogen-bond donors (Lipinski definition) is 1. The van der Waals surface area contributed by atoms with Crippen LogP contribution in [0.1, 0.15) is 37.8 Å². The maximum absolute atomic E-state index is 13.3. The monoisotopic (exact) mass is 427 g/mol. The molecule has 0 unspecified atom stereocenters. The molecule has 30 heavy (non-hydrogen) atoms. The highest BCUT2D eigenvalue weighted by Gasteiger charge is 2.22. The average molecular weight is 428 g/mol. The minimum Gasteiger partial charge on any atom is -0.395 e. The van der Waals surface area contributed by atoms with Crippen LogP contribution in [0.5, 0.6) is 0 Å². The Bertz CT molecular complexity index is 992. The van der Waals surface area contributed by atoms with E-state index in [9.17, 15) is 9.90 Å². The van der Waals surface area contributed by atoms with E-state index in [-0.39, 0.29) is 19.1 Å². The van der Waals surface area contributed by atoms with Crippen molar-refractivity contribution in [1.82, 2.24) is 24.0 Å². The lowest BCUT2D eigenvalue weighted by atomic mass is 10.0. The lowest BCUT2D eigenvalue weighted by Crippen LogP contribution is -2.36. The van der Waals surface area contributed by atoms with Gasteiger partial charge in [-0.15, -0.1) is 0 Å². The lowest BCUT2D eigenvalue weighted by molar-refractivity contribution is -0.133. The van der Waals surface area contributed by atoms with Gasteiger partial charge >= 0.3 is 0 Å². The fourth-order valence-electron chi connectivity index (χ4n) is 4.01. The molecule has 7 nitrogen and oxygen atoms in total. The molecule has 3 aromatic rings. The summed E-state index contributed by atoms with van der Waals surface area (Å²) in [7, 11) is 1.91. The maximum atomic E-state index is 13.3. The van der Waals surface area contributed by atoms with Gasteiger partial charge in [-0.05, 0) is 25.0 Å². The Morgan fingerprint density at radius 3 is 2.80 bits per heavy atom. The first-order valence-electron chi connectivity index (χ1n) is 10.6. The number of amides is 1. The molecule has 0 spiro atoms. The highest BCUT2D eigenvalue weighted by molar-refractivity contribution is 7.99. The topological polar surface area (TPSA) is 76.2 Å². The number of fused-ring (bicyclic) bond motifs is 1. The van der Waals surface area contributed by atoms with Crippen molar-refractivity contribution in [2.24, 2.45) is 7.05 Å². The summed E-state index contributed by atoms with van der Waals surface area (Å²) >= 11 is 1.81. The molecule has 1 aliphatic carbocycles. The standard InChI is InChI=1S/C22H29N5O2S/c1-25-16-23-13-17(25)14-26(11-12-28)21(29)15-27-20-10-6-5-9-19(20)24-22(27)30-18-7-3-2-4-8-18/h5-6,9-10,13,16,18,28H,2-4,7-8,11-12,14-15H2,1H3. The summed E-state index contributed by atoms with van der Waals surface area (Å²) in [5, 5.41) is 11.0. The van der Waals surface area contributed by atoms with Crippen molar-refractivity contribution in [1.29, 1.82) is 0 Å². The zero-order valence-corrected chi connectivity index (χ0v) is 18.2. The van der Waals surface area contributed by atoms with Gasteiger partial charge in [0.1, 0.15) is 6.54 Å². The third-order valence-electron chi connectivity index (χ3n) is 5.73. The molecule has 1 saturated carbocycles. The van der Waals surface area contributed by atoms with Gasteiger partial charge < -0.3 is 19.1 Å². The largest absolute Gasteiger partial charge is 0.395 e. The van der Waals surface area contributed by atoms with Crippen molar-refractivity contribution in [3.8, 4) is 0 Å². The van der Waals surface area contributed by atoms with E-state index < -0.39 is 0 Å². The number of para-hydroxylation sites is 2. The first kappa shape index (κ1) is 20.9. The van der Waals surface area contributed by atoms with Gasteiger partial charge in [-0.3, -0.25) is 4.79 Å². The fraction of sp³-hybridized carbons (Fsp3) is 0.500. The molecule has 0 aliphatic heterocycles. The number of thioether (sulfide) groups is 1. The molecule has 1 aromatic carbocycles. The highest BCUT2D eigenvalue weighted by atomic mass is 32.2. The molecular weight excluding hydrogens is 398 g/mol. The first-order chi connectivity index (χ1) is 14.7. The number of rotatable bonds is 8.